The number of benzene rings is 1. The second-order valence-corrected chi connectivity index (χ2v) is 5.76. The summed E-state index contributed by atoms with van der Waals surface area (Å²) in [6, 6.07) is 4.66. The zero-order valence-electron chi connectivity index (χ0n) is 10.7. The highest BCUT2D eigenvalue weighted by Gasteiger charge is 2.34. The molecule has 0 aromatic heterocycles. The summed E-state index contributed by atoms with van der Waals surface area (Å²) in [5, 5.41) is 0. The van der Waals surface area contributed by atoms with Gasteiger partial charge >= 0.3 is 0 Å². The highest BCUT2D eigenvalue weighted by Crippen LogP contribution is 2.29. The van der Waals surface area contributed by atoms with Crippen LogP contribution in [0, 0.1) is 11.7 Å². The first-order valence-corrected chi connectivity index (χ1v) is 6.73. The van der Waals surface area contributed by atoms with Crippen LogP contribution in [-0.4, -0.2) is 23.4 Å². The molecule has 0 heterocycles. The van der Waals surface area contributed by atoms with Crippen LogP contribution >= 0.6 is 12.6 Å². The lowest BCUT2D eigenvalue weighted by atomic mass is 10.1. The summed E-state index contributed by atoms with van der Waals surface area (Å²) in [5.41, 5.74) is 0.134. The maximum absolute atomic E-state index is 13.7. The van der Waals surface area contributed by atoms with Crippen molar-refractivity contribution in [3.05, 3.63) is 29.6 Å². The fourth-order valence-corrected chi connectivity index (χ4v) is 2.21. The van der Waals surface area contributed by atoms with Crippen LogP contribution in [0.4, 0.5) is 4.39 Å². The van der Waals surface area contributed by atoms with E-state index in [9.17, 15) is 9.18 Å². The number of carbonyl (C=O) groups is 1. The van der Waals surface area contributed by atoms with E-state index in [1.807, 2.05) is 0 Å². The number of thiol groups is 1. The van der Waals surface area contributed by atoms with Crippen molar-refractivity contribution < 1.29 is 9.18 Å². The first kappa shape index (κ1) is 13.4. The van der Waals surface area contributed by atoms with Crippen molar-refractivity contribution in [2.24, 2.45) is 5.92 Å². The Bertz CT molecular complexity index is 457. The molecular formula is C14H18FNOS. The molecule has 0 radical (unpaired) electrons. The molecule has 1 saturated carbocycles. The third kappa shape index (κ3) is 3.05. The molecule has 1 aromatic rings. The van der Waals surface area contributed by atoms with E-state index in [4.69, 9.17) is 0 Å². The summed E-state index contributed by atoms with van der Waals surface area (Å²) in [4.78, 5) is 14.8. The van der Waals surface area contributed by atoms with Gasteiger partial charge in [-0.2, -0.15) is 0 Å². The Labute approximate surface area is 113 Å². The fourth-order valence-electron chi connectivity index (χ4n) is 2.01. The zero-order valence-corrected chi connectivity index (χ0v) is 11.6. The smallest absolute Gasteiger partial charge is 0.257 e. The van der Waals surface area contributed by atoms with Gasteiger partial charge in [0.25, 0.3) is 5.91 Å². The summed E-state index contributed by atoms with van der Waals surface area (Å²) >= 11 is 4.16. The number of nitrogens with zero attached hydrogens (tertiary/aromatic N) is 1. The molecule has 0 spiro atoms. The van der Waals surface area contributed by atoms with Crippen molar-refractivity contribution >= 4 is 18.5 Å². The van der Waals surface area contributed by atoms with E-state index in [-0.39, 0.29) is 11.5 Å². The maximum Gasteiger partial charge on any atom is 0.257 e. The van der Waals surface area contributed by atoms with Crippen molar-refractivity contribution in [2.75, 3.05) is 6.54 Å². The number of carbonyl (C=O) groups excluding carboxylic acids is 1. The van der Waals surface area contributed by atoms with Gasteiger partial charge in [0.1, 0.15) is 5.82 Å². The van der Waals surface area contributed by atoms with Crippen LogP contribution in [0.5, 0.6) is 0 Å². The number of rotatable bonds is 4. The van der Waals surface area contributed by atoms with Crippen molar-refractivity contribution in [3.8, 4) is 0 Å². The van der Waals surface area contributed by atoms with Crippen LogP contribution < -0.4 is 0 Å². The molecule has 2 rings (SSSR count). The molecule has 2 nitrogen and oxygen atoms in total. The summed E-state index contributed by atoms with van der Waals surface area (Å²) in [6.45, 7) is 4.81. The van der Waals surface area contributed by atoms with Crippen LogP contribution in [0.1, 0.15) is 37.0 Å². The molecule has 0 bridgehead atoms. The molecule has 0 aliphatic heterocycles. The van der Waals surface area contributed by atoms with Gasteiger partial charge in [-0.05, 0) is 37.0 Å². The van der Waals surface area contributed by atoms with Gasteiger partial charge in [-0.15, -0.1) is 12.6 Å². The van der Waals surface area contributed by atoms with E-state index in [1.165, 1.54) is 12.1 Å². The lowest BCUT2D eigenvalue weighted by Crippen LogP contribution is -2.36. The van der Waals surface area contributed by atoms with E-state index < -0.39 is 5.82 Å². The molecule has 0 unspecified atom stereocenters. The van der Waals surface area contributed by atoms with Crippen molar-refractivity contribution in [1.29, 1.82) is 0 Å². The quantitative estimate of drug-likeness (QED) is 0.829. The van der Waals surface area contributed by atoms with Gasteiger partial charge in [-0.1, -0.05) is 13.8 Å². The number of halogens is 1. The number of hydrogen-bond donors (Lipinski definition) is 1. The van der Waals surface area contributed by atoms with E-state index in [0.717, 1.165) is 12.8 Å². The lowest BCUT2D eigenvalue weighted by Gasteiger charge is -2.24. The van der Waals surface area contributed by atoms with E-state index in [0.29, 0.717) is 23.4 Å². The summed E-state index contributed by atoms with van der Waals surface area (Å²) in [5.74, 6) is -0.288. The summed E-state index contributed by atoms with van der Waals surface area (Å²) in [7, 11) is 0. The first-order chi connectivity index (χ1) is 8.49. The monoisotopic (exact) mass is 267 g/mol. The molecule has 18 heavy (non-hydrogen) atoms. The first-order valence-electron chi connectivity index (χ1n) is 6.28. The molecule has 98 valence electrons. The standard InChI is InChI=1S/C14H18FNOS/c1-9(2)8-16(10-3-4-10)14(17)12-7-11(18)5-6-13(12)15/h5-7,9-10,18H,3-4,8H2,1-2H3. The number of amides is 1. The van der Waals surface area contributed by atoms with Crippen LogP contribution in [0.25, 0.3) is 0 Å². The molecule has 1 aromatic carbocycles. The maximum atomic E-state index is 13.7. The predicted octanol–water partition coefficient (Wildman–Crippen LogP) is 3.38. The largest absolute Gasteiger partial charge is 0.335 e. The van der Waals surface area contributed by atoms with Gasteiger partial charge in [0.15, 0.2) is 0 Å². The van der Waals surface area contributed by atoms with E-state index in [1.54, 1.807) is 11.0 Å². The van der Waals surface area contributed by atoms with Crippen LogP contribution in [0.2, 0.25) is 0 Å². The third-order valence-corrected chi connectivity index (χ3v) is 3.27. The second kappa shape index (κ2) is 5.31. The highest BCUT2D eigenvalue weighted by atomic mass is 32.1. The molecule has 1 amide bonds. The van der Waals surface area contributed by atoms with Crippen LogP contribution in [-0.2, 0) is 0 Å². The fraction of sp³-hybridized carbons (Fsp3) is 0.500. The van der Waals surface area contributed by atoms with E-state index >= 15 is 0 Å². The Morgan fingerprint density at radius 1 is 1.50 bits per heavy atom. The molecule has 0 atom stereocenters. The van der Waals surface area contributed by atoms with Crippen LogP contribution in [0.15, 0.2) is 23.1 Å². The molecule has 0 N–H and O–H groups in total. The Morgan fingerprint density at radius 3 is 2.72 bits per heavy atom. The van der Waals surface area contributed by atoms with Gasteiger partial charge in [-0.3, -0.25) is 4.79 Å². The minimum Gasteiger partial charge on any atom is -0.335 e. The van der Waals surface area contributed by atoms with Crippen molar-refractivity contribution in [3.63, 3.8) is 0 Å². The third-order valence-electron chi connectivity index (χ3n) is 2.99. The van der Waals surface area contributed by atoms with Gasteiger partial charge < -0.3 is 4.90 Å². The van der Waals surface area contributed by atoms with Gasteiger partial charge in [-0.25, -0.2) is 4.39 Å². The molecule has 1 fully saturated rings. The Balaban J connectivity index is 2.24. The van der Waals surface area contributed by atoms with Crippen LogP contribution in [0.3, 0.4) is 0 Å². The normalized spacial score (nSPS) is 14.9. The summed E-state index contributed by atoms with van der Waals surface area (Å²) in [6.07, 6.45) is 2.06. The van der Waals surface area contributed by atoms with Crippen molar-refractivity contribution in [1.82, 2.24) is 4.90 Å². The van der Waals surface area contributed by atoms with Gasteiger partial charge in [0, 0.05) is 17.5 Å². The molecular weight excluding hydrogens is 249 g/mol. The minimum absolute atomic E-state index is 0.134. The summed E-state index contributed by atoms with van der Waals surface area (Å²) < 4.78 is 13.7. The average molecular weight is 267 g/mol. The topological polar surface area (TPSA) is 20.3 Å². The predicted molar refractivity (Wildman–Crippen MR) is 72.5 cm³/mol. The second-order valence-electron chi connectivity index (χ2n) is 5.25. The number of hydrogen-bond acceptors (Lipinski definition) is 2. The lowest BCUT2D eigenvalue weighted by molar-refractivity contribution is 0.0717. The van der Waals surface area contributed by atoms with Gasteiger partial charge in [0.05, 0.1) is 5.56 Å². The molecule has 1 aliphatic carbocycles. The Morgan fingerprint density at radius 2 is 2.17 bits per heavy atom. The molecule has 4 heteroatoms. The van der Waals surface area contributed by atoms with E-state index in [2.05, 4.69) is 26.5 Å². The Kier molecular flexibility index (Phi) is 3.95. The average Bonchev–Trinajstić information content (AvgIpc) is 3.12. The molecule has 1 aliphatic rings. The molecule has 0 saturated heterocycles. The highest BCUT2D eigenvalue weighted by molar-refractivity contribution is 7.80. The zero-order chi connectivity index (χ0) is 13.3. The SMILES string of the molecule is CC(C)CN(C(=O)c1cc(S)ccc1F)C1CC1. The van der Waals surface area contributed by atoms with Gasteiger partial charge in [0.2, 0.25) is 0 Å². The minimum atomic E-state index is -0.466. The van der Waals surface area contributed by atoms with Crippen molar-refractivity contribution in [2.45, 2.75) is 37.6 Å². The Hall–Kier alpha value is -1.03.